The van der Waals surface area contributed by atoms with E-state index in [1.54, 1.807) is 32.1 Å². The van der Waals surface area contributed by atoms with E-state index in [4.69, 9.17) is 23.4 Å². The summed E-state index contributed by atoms with van der Waals surface area (Å²) in [6.45, 7) is 6.51. The zero-order valence-electron chi connectivity index (χ0n) is 20.7. The number of allylic oxidation sites excluding steroid dienone is 1. The van der Waals surface area contributed by atoms with Crippen LogP contribution in [0.5, 0.6) is 11.5 Å². The van der Waals surface area contributed by atoms with Gasteiger partial charge in [0, 0.05) is 25.2 Å². The number of fused-ring (bicyclic) bond motifs is 2. The molecule has 2 aromatic heterocycles. The van der Waals surface area contributed by atoms with E-state index in [9.17, 15) is 9.59 Å². The largest absolute Gasteiger partial charge is 0.463 e. The van der Waals surface area contributed by atoms with Crippen LogP contribution in [0.3, 0.4) is 0 Å². The van der Waals surface area contributed by atoms with Crippen LogP contribution in [-0.4, -0.2) is 50.2 Å². The minimum absolute atomic E-state index is 0.117. The summed E-state index contributed by atoms with van der Waals surface area (Å²) >= 11 is 4.82. The van der Waals surface area contributed by atoms with Gasteiger partial charge in [-0.05, 0) is 47.5 Å². The second-order valence-corrected chi connectivity index (χ2v) is 10.7. The predicted octanol–water partition coefficient (Wildman–Crippen LogP) is 2.72. The maximum Gasteiger partial charge on any atom is 0.338 e. The number of anilines is 1. The standard InChI is InChI=1S/C26H24BrN3O7S/c1-3-34-25(32)21-14(2)28-26-30(22(21)15-4-5-18-19(10-15)36-13-35-18)23(31)20(38-26)12-16-11-17(27)24(37-16)29-6-8-33-9-7-29/h4-5,10-12,22H,3,6-9,13H2,1-2H3/b20-12+/t22-/m1/s1. The fourth-order valence-electron chi connectivity index (χ4n) is 4.75. The number of carbonyl (C=O) groups is 1. The van der Waals surface area contributed by atoms with E-state index >= 15 is 0 Å². The van der Waals surface area contributed by atoms with E-state index in [1.165, 1.54) is 15.9 Å². The Labute approximate surface area is 229 Å². The molecular formula is C26H24BrN3O7S. The number of rotatable bonds is 5. The second kappa shape index (κ2) is 10.1. The number of furan rings is 1. The van der Waals surface area contributed by atoms with Crippen LogP contribution in [0.25, 0.3) is 6.08 Å². The van der Waals surface area contributed by atoms with E-state index in [0.29, 0.717) is 62.5 Å². The van der Waals surface area contributed by atoms with Gasteiger partial charge in [0.1, 0.15) is 5.76 Å². The molecule has 1 saturated heterocycles. The van der Waals surface area contributed by atoms with Crippen LogP contribution in [0.2, 0.25) is 0 Å². The third-order valence-electron chi connectivity index (χ3n) is 6.49. The molecule has 10 nitrogen and oxygen atoms in total. The molecule has 0 aliphatic carbocycles. The van der Waals surface area contributed by atoms with Crippen molar-refractivity contribution in [2.24, 2.45) is 4.99 Å². The average Bonchev–Trinajstić information content (AvgIpc) is 3.61. The summed E-state index contributed by atoms with van der Waals surface area (Å²) in [5.74, 6) is 1.88. The Kier molecular flexibility index (Phi) is 6.62. The number of thiazole rings is 1. The normalized spacial score (nSPS) is 19.0. The van der Waals surface area contributed by atoms with Gasteiger partial charge in [0.15, 0.2) is 16.3 Å². The van der Waals surface area contributed by atoms with Gasteiger partial charge < -0.3 is 28.3 Å². The molecule has 0 bridgehead atoms. The zero-order valence-corrected chi connectivity index (χ0v) is 23.1. The summed E-state index contributed by atoms with van der Waals surface area (Å²) in [6.07, 6.45) is 1.71. The highest BCUT2D eigenvalue weighted by molar-refractivity contribution is 9.10. The molecule has 0 amide bonds. The van der Waals surface area contributed by atoms with Crippen LogP contribution < -0.4 is 29.3 Å². The van der Waals surface area contributed by atoms with Gasteiger partial charge in [-0.15, -0.1) is 0 Å². The Balaban J connectivity index is 1.47. The van der Waals surface area contributed by atoms with Gasteiger partial charge in [-0.3, -0.25) is 9.36 Å². The highest BCUT2D eigenvalue weighted by Crippen LogP contribution is 2.38. The van der Waals surface area contributed by atoms with Crippen molar-refractivity contribution in [3.63, 3.8) is 0 Å². The Hall–Kier alpha value is -3.35. The first-order valence-corrected chi connectivity index (χ1v) is 13.8. The number of benzene rings is 1. The number of nitrogens with zero attached hydrogens (tertiary/aromatic N) is 3. The van der Waals surface area contributed by atoms with Crippen molar-refractivity contribution in [3.8, 4) is 11.5 Å². The minimum atomic E-state index is -0.741. The van der Waals surface area contributed by atoms with Crippen molar-refractivity contribution in [2.45, 2.75) is 19.9 Å². The molecular weight excluding hydrogens is 578 g/mol. The van der Waals surface area contributed by atoms with E-state index < -0.39 is 12.0 Å². The first kappa shape index (κ1) is 25.0. The maximum atomic E-state index is 13.8. The number of hydrogen-bond acceptors (Lipinski definition) is 10. The van der Waals surface area contributed by atoms with Gasteiger partial charge in [0.25, 0.3) is 5.56 Å². The number of aromatic nitrogens is 1. The summed E-state index contributed by atoms with van der Waals surface area (Å²) in [4.78, 5) is 34.1. The van der Waals surface area contributed by atoms with Crippen LogP contribution in [-0.2, 0) is 14.3 Å². The fraction of sp³-hybridized carbons (Fsp3) is 0.346. The SMILES string of the molecule is CCOC(=O)C1=C(C)N=c2s/c(=C/c3cc(Br)c(N4CCOCC4)o3)c(=O)n2[C@@H]1c1ccc2c(c1)OCO2. The minimum Gasteiger partial charge on any atom is -0.463 e. The fourth-order valence-corrected chi connectivity index (χ4v) is 6.33. The Morgan fingerprint density at radius 1 is 1.24 bits per heavy atom. The molecule has 5 heterocycles. The molecule has 0 N–H and O–H groups in total. The van der Waals surface area contributed by atoms with E-state index in [-0.39, 0.29) is 19.0 Å². The third kappa shape index (κ3) is 4.36. The van der Waals surface area contributed by atoms with Crippen LogP contribution in [0.15, 0.2) is 54.2 Å². The molecule has 3 aliphatic heterocycles. The Morgan fingerprint density at radius 3 is 2.82 bits per heavy atom. The Morgan fingerprint density at radius 2 is 2.03 bits per heavy atom. The van der Waals surface area contributed by atoms with E-state index in [1.807, 2.05) is 12.1 Å². The summed E-state index contributed by atoms with van der Waals surface area (Å²) in [7, 11) is 0. The highest BCUT2D eigenvalue weighted by atomic mass is 79.9. The molecule has 1 atom stereocenters. The quantitative estimate of drug-likeness (QED) is 0.411. The molecule has 6 rings (SSSR count). The molecule has 0 spiro atoms. The lowest BCUT2D eigenvalue weighted by Gasteiger charge is -2.26. The van der Waals surface area contributed by atoms with Gasteiger partial charge >= 0.3 is 5.97 Å². The molecule has 0 radical (unpaired) electrons. The van der Waals surface area contributed by atoms with Crippen molar-refractivity contribution in [1.82, 2.24) is 4.57 Å². The number of morpholine rings is 1. The lowest BCUT2D eigenvalue weighted by atomic mass is 9.95. The Bertz CT molecular complexity index is 1630. The monoisotopic (exact) mass is 601 g/mol. The molecule has 0 saturated carbocycles. The summed E-state index contributed by atoms with van der Waals surface area (Å²) in [5.41, 5.74) is 1.20. The molecule has 1 aromatic carbocycles. The lowest BCUT2D eigenvalue weighted by Crippen LogP contribution is -2.39. The topological polar surface area (TPSA) is 105 Å². The summed E-state index contributed by atoms with van der Waals surface area (Å²) < 4.78 is 30.7. The third-order valence-corrected chi connectivity index (χ3v) is 8.04. The second-order valence-electron chi connectivity index (χ2n) is 8.82. The predicted molar refractivity (Wildman–Crippen MR) is 142 cm³/mol. The molecule has 1 fully saturated rings. The van der Waals surface area contributed by atoms with Crippen molar-refractivity contribution >= 4 is 45.2 Å². The number of ether oxygens (including phenoxy) is 4. The lowest BCUT2D eigenvalue weighted by molar-refractivity contribution is -0.139. The molecule has 38 heavy (non-hydrogen) atoms. The molecule has 12 heteroatoms. The molecule has 198 valence electrons. The number of esters is 1. The van der Waals surface area contributed by atoms with Gasteiger partial charge in [-0.25, -0.2) is 9.79 Å². The first-order chi connectivity index (χ1) is 18.4. The summed E-state index contributed by atoms with van der Waals surface area (Å²) in [6, 6.07) is 6.49. The van der Waals surface area contributed by atoms with Gasteiger partial charge in [-0.1, -0.05) is 17.4 Å². The molecule has 3 aliphatic rings. The van der Waals surface area contributed by atoms with Crippen LogP contribution in [0.1, 0.15) is 31.2 Å². The zero-order chi connectivity index (χ0) is 26.4. The van der Waals surface area contributed by atoms with Crippen LogP contribution >= 0.6 is 27.3 Å². The average molecular weight is 602 g/mol. The van der Waals surface area contributed by atoms with Gasteiger partial charge in [-0.2, -0.15) is 0 Å². The number of halogens is 1. The summed E-state index contributed by atoms with van der Waals surface area (Å²) in [5, 5.41) is 0. The molecule has 3 aromatic rings. The molecule has 0 unspecified atom stereocenters. The van der Waals surface area contributed by atoms with Crippen LogP contribution in [0.4, 0.5) is 5.88 Å². The van der Waals surface area contributed by atoms with Gasteiger partial charge in [0.05, 0.1) is 46.1 Å². The van der Waals surface area contributed by atoms with Gasteiger partial charge in [0.2, 0.25) is 12.7 Å². The van der Waals surface area contributed by atoms with Crippen molar-refractivity contribution in [3.05, 3.63) is 71.0 Å². The number of carbonyl (C=O) groups excluding carboxylic acids is 1. The van der Waals surface area contributed by atoms with Crippen LogP contribution in [0, 0.1) is 0 Å². The number of hydrogen-bond donors (Lipinski definition) is 0. The van der Waals surface area contributed by atoms with Crippen molar-refractivity contribution < 1.29 is 28.2 Å². The smallest absolute Gasteiger partial charge is 0.338 e. The van der Waals surface area contributed by atoms with Crippen molar-refractivity contribution in [2.75, 3.05) is 44.6 Å². The van der Waals surface area contributed by atoms with E-state index in [0.717, 1.165) is 17.6 Å². The highest BCUT2D eigenvalue weighted by Gasteiger charge is 2.34. The van der Waals surface area contributed by atoms with Crippen molar-refractivity contribution in [1.29, 1.82) is 0 Å². The maximum absolute atomic E-state index is 13.8. The first-order valence-electron chi connectivity index (χ1n) is 12.2. The van der Waals surface area contributed by atoms with E-state index in [2.05, 4.69) is 25.8 Å².